The number of alkyl halides is 2. The van der Waals surface area contributed by atoms with Crippen LogP contribution in [-0.4, -0.2) is 14.2 Å². The smallest absolute Gasteiger partial charge is 0.341 e. The molecule has 0 spiro atoms. The van der Waals surface area contributed by atoms with Crippen molar-refractivity contribution in [3.8, 4) is 0 Å². The number of hydrogen-bond acceptors (Lipinski definition) is 4. The van der Waals surface area contributed by atoms with Crippen LogP contribution in [0.25, 0.3) is 0 Å². The van der Waals surface area contributed by atoms with Gasteiger partial charge in [0, 0.05) is 21.3 Å². The lowest BCUT2D eigenvalue weighted by Crippen LogP contribution is -2.14. The largest absolute Gasteiger partial charge is 0.379 e. The second kappa shape index (κ2) is 6.19. The number of para-hydroxylation sites is 1. The Bertz CT molecular complexity index is 701. The van der Waals surface area contributed by atoms with Gasteiger partial charge >= 0.3 is 5.76 Å². The van der Waals surface area contributed by atoms with Crippen LogP contribution < -0.4 is 5.32 Å². The monoisotopic (exact) mass is 381 g/mol. The van der Waals surface area contributed by atoms with Crippen LogP contribution >= 0.6 is 27.3 Å². The van der Waals surface area contributed by atoms with Crippen LogP contribution in [0, 0.1) is 0 Å². The Labute approximate surface area is 127 Å². The first-order chi connectivity index (χ1) is 9.41. The van der Waals surface area contributed by atoms with E-state index in [0.717, 1.165) is 9.35 Å². The quantitative estimate of drug-likeness (QED) is 0.846. The molecule has 0 bridgehead atoms. The van der Waals surface area contributed by atoms with Crippen molar-refractivity contribution in [2.75, 3.05) is 5.32 Å². The summed E-state index contributed by atoms with van der Waals surface area (Å²) in [4.78, 5) is 0.576. The SMILES string of the molecule is O=S(=O)(c1ccccc1NCc1cc(Br)cs1)C(F)F. The van der Waals surface area contributed by atoms with Crippen molar-refractivity contribution in [2.45, 2.75) is 17.2 Å². The van der Waals surface area contributed by atoms with Crippen LogP contribution in [0.3, 0.4) is 0 Å². The van der Waals surface area contributed by atoms with Gasteiger partial charge in [-0.3, -0.25) is 0 Å². The molecule has 1 aromatic heterocycles. The number of sulfone groups is 1. The summed E-state index contributed by atoms with van der Waals surface area (Å²) in [6.45, 7) is 0.367. The molecule has 0 aliphatic heterocycles. The van der Waals surface area contributed by atoms with Crippen LogP contribution in [-0.2, 0) is 16.4 Å². The highest BCUT2D eigenvalue weighted by molar-refractivity contribution is 9.10. The lowest BCUT2D eigenvalue weighted by Gasteiger charge is -2.11. The fraction of sp³-hybridized carbons (Fsp3) is 0.167. The zero-order chi connectivity index (χ0) is 14.8. The first-order valence-electron chi connectivity index (χ1n) is 5.49. The molecule has 0 aliphatic carbocycles. The van der Waals surface area contributed by atoms with Gasteiger partial charge in [-0.25, -0.2) is 8.42 Å². The molecule has 0 saturated heterocycles. The molecule has 0 radical (unpaired) electrons. The van der Waals surface area contributed by atoms with E-state index in [0.29, 0.717) is 6.54 Å². The van der Waals surface area contributed by atoms with Crippen LogP contribution in [0.15, 0.2) is 45.1 Å². The summed E-state index contributed by atoms with van der Waals surface area (Å²) in [6, 6.07) is 7.54. The number of thiophene rings is 1. The van der Waals surface area contributed by atoms with Gasteiger partial charge in [0.15, 0.2) is 0 Å². The maximum atomic E-state index is 12.6. The Kier molecular flexibility index (Phi) is 4.77. The number of hydrogen-bond donors (Lipinski definition) is 1. The molecular formula is C12H10BrF2NO2S2. The lowest BCUT2D eigenvalue weighted by molar-refractivity contribution is 0.235. The predicted molar refractivity (Wildman–Crippen MR) is 79.0 cm³/mol. The van der Waals surface area contributed by atoms with E-state index in [4.69, 9.17) is 0 Å². The minimum Gasteiger partial charge on any atom is -0.379 e. The Balaban J connectivity index is 2.25. The summed E-state index contributed by atoms with van der Waals surface area (Å²) >= 11 is 4.79. The third-order valence-electron chi connectivity index (χ3n) is 2.50. The van der Waals surface area contributed by atoms with E-state index in [1.807, 2.05) is 11.4 Å². The second-order valence-corrected chi connectivity index (χ2v) is 7.68. The normalized spacial score (nSPS) is 11.8. The molecule has 3 nitrogen and oxygen atoms in total. The van der Waals surface area contributed by atoms with Crippen molar-refractivity contribution in [3.63, 3.8) is 0 Å². The Hall–Kier alpha value is -0.990. The van der Waals surface area contributed by atoms with Gasteiger partial charge in [-0.15, -0.1) is 11.3 Å². The van der Waals surface area contributed by atoms with Gasteiger partial charge < -0.3 is 5.32 Å². The van der Waals surface area contributed by atoms with E-state index in [1.54, 1.807) is 6.07 Å². The average molecular weight is 382 g/mol. The molecule has 0 fully saturated rings. The summed E-state index contributed by atoms with van der Waals surface area (Å²) in [5.74, 6) is -3.43. The summed E-state index contributed by atoms with van der Waals surface area (Å²) in [6.07, 6.45) is 0. The van der Waals surface area contributed by atoms with Crippen molar-refractivity contribution in [2.24, 2.45) is 0 Å². The molecule has 0 amide bonds. The number of nitrogens with one attached hydrogen (secondary N) is 1. The third kappa shape index (κ3) is 3.36. The number of rotatable bonds is 5. The van der Waals surface area contributed by atoms with E-state index in [2.05, 4.69) is 21.2 Å². The van der Waals surface area contributed by atoms with Crippen LogP contribution in [0.5, 0.6) is 0 Å². The average Bonchev–Trinajstić information content (AvgIpc) is 2.82. The highest BCUT2D eigenvalue weighted by atomic mass is 79.9. The third-order valence-corrected chi connectivity index (χ3v) is 5.64. The molecule has 0 unspecified atom stereocenters. The molecular weight excluding hydrogens is 372 g/mol. The molecule has 1 N–H and O–H groups in total. The van der Waals surface area contributed by atoms with Crippen molar-refractivity contribution in [3.05, 3.63) is 45.1 Å². The highest BCUT2D eigenvalue weighted by Gasteiger charge is 2.28. The molecule has 2 aromatic rings. The van der Waals surface area contributed by atoms with Gasteiger partial charge in [-0.2, -0.15) is 8.78 Å². The fourth-order valence-corrected chi connectivity index (χ4v) is 3.88. The zero-order valence-corrected chi connectivity index (χ0v) is 13.2. The summed E-state index contributed by atoms with van der Waals surface area (Å²) < 4.78 is 49.3. The second-order valence-electron chi connectivity index (χ2n) is 3.89. The number of benzene rings is 1. The van der Waals surface area contributed by atoms with E-state index >= 15 is 0 Å². The zero-order valence-electron chi connectivity index (χ0n) is 10.0. The van der Waals surface area contributed by atoms with E-state index in [-0.39, 0.29) is 10.6 Å². The van der Waals surface area contributed by atoms with Crippen molar-refractivity contribution in [1.29, 1.82) is 0 Å². The molecule has 8 heteroatoms. The van der Waals surface area contributed by atoms with Gasteiger partial charge in [-0.05, 0) is 34.1 Å². The summed E-state index contributed by atoms with van der Waals surface area (Å²) in [7, 11) is -4.61. The first kappa shape index (κ1) is 15.4. The molecule has 108 valence electrons. The summed E-state index contributed by atoms with van der Waals surface area (Å²) in [5.41, 5.74) is 0.178. The van der Waals surface area contributed by atoms with Gasteiger partial charge in [0.2, 0.25) is 9.84 Å². The lowest BCUT2D eigenvalue weighted by atomic mass is 10.3. The molecule has 0 aliphatic rings. The maximum absolute atomic E-state index is 12.6. The van der Waals surface area contributed by atoms with Gasteiger partial charge in [0.05, 0.1) is 10.6 Å². The van der Waals surface area contributed by atoms with Crippen LogP contribution in [0.1, 0.15) is 4.88 Å². The molecule has 2 rings (SSSR count). The molecule has 20 heavy (non-hydrogen) atoms. The standard InChI is InChI=1S/C12H10BrF2NO2S2/c13-8-5-9(19-7-8)6-16-10-3-1-2-4-11(10)20(17,18)12(14)15/h1-5,7,12,16H,6H2. The van der Waals surface area contributed by atoms with Gasteiger partial charge in [0.1, 0.15) is 0 Å². The Morgan fingerprint density at radius 2 is 2.00 bits per heavy atom. The fourth-order valence-electron chi connectivity index (χ4n) is 1.59. The minimum absolute atomic E-state index is 0.178. The number of halogens is 3. The summed E-state index contributed by atoms with van der Waals surface area (Å²) in [5, 5.41) is 4.77. The number of anilines is 1. The van der Waals surface area contributed by atoms with E-state index in [1.165, 1.54) is 29.5 Å². The van der Waals surface area contributed by atoms with Crippen LogP contribution in [0.2, 0.25) is 0 Å². The maximum Gasteiger partial charge on any atom is 0.341 e. The molecule has 1 heterocycles. The van der Waals surface area contributed by atoms with E-state index < -0.39 is 15.6 Å². The molecule has 1 aromatic carbocycles. The highest BCUT2D eigenvalue weighted by Crippen LogP contribution is 2.27. The predicted octanol–water partition coefficient (Wildman–Crippen LogP) is 4.12. The first-order valence-corrected chi connectivity index (χ1v) is 8.71. The van der Waals surface area contributed by atoms with E-state index in [9.17, 15) is 17.2 Å². The van der Waals surface area contributed by atoms with Crippen LogP contribution in [0.4, 0.5) is 14.5 Å². The van der Waals surface area contributed by atoms with Crippen molar-refractivity contribution < 1.29 is 17.2 Å². The molecule has 0 saturated carbocycles. The Morgan fingerprint density at radius 1 is 1.30 bits per heavy atom. The van der Waals surface area contributed by atoms with Crippen molar-refractivity contribution in [1.82, 2.24) is 0 Å². The minimum atomic E-state index is -4.61. The van der Waals surface area contributed by atoms with Crippen molar-refractivity contribution >= 4 is 42.8 Å². The topological polar surface area (TPSA) is 46.2 Å². The Morgan fingerprint density at radius 3 is 2.60 bits per heavy atom. The molecule has 0 atom stereocenters. The van der Waals surface area contributed by atoms with Gasteiger partial charge in [-0.1, -0.05) is 12.1 Å². The van der Waals surface area contributed by atoms with Gasteiger partial charge in [0.25, 0.3) is 0 Å².